The second kappa shape index (κ2) is 8.08. The molecule has 0 aromatic heterocycles. The second-order valence-electron chi connectivity index (χ2n) is 5.25. The fourth-order valence-electron chi connectivity index (χ4n) is 1.98. The van der Waals surface area contributed by atoms with Crippen molar-refractivity contribution in [2.45, 2.75) is 13.0 Å². The van der Waals surface area contributed by atoms with Crippen LogP contribution in [0.1, 0.15) is 12.0 Å². The second-order valence-corrected chi connectivity index (χ2v) is 5.25. The molecule has 0 bridgehead atoms. The third kappa shape index (κ3) is 5.13. The Morgan fingerprint density at radius 2 is 1.73 bits per heavy atom. The summed E-state index contributed by atoms with van der Waals surface area (Å²) in [5.74, 6) is 0.780. The zero-order valence-corrected chi connectivity index (χ0v) is 13.1. The van der Waals surface area contributed by atoms with Crippen molar-refractivity contribution in [2.75, 3.05) is 25.6 Å². The van der Waals surface area contributed by atoms with Crippen LogP contribution in [0.4, 0.5) is 5.69 Å². The summed E-state index contributed by atoms with van der Waals surface area (Å²) >= 11 is 0. The number of carbonyl (C=O) groups excluding carboxylic acids is 1. The summed E-state index contributed by atoms with van der Waals surface area (Å²) in [6, 6.07) is 17.6. The van der Waals surface area contributed by atoms with Gasteiger partial charge in [-0.25, -0.2) is 0 Å². The Morgan fingerprint density at radius 1 is 1.05 bits per heavy atom. The molecule has 2 aromatic carbocycles. The van der Waals surface area contributed by atoms with E-state index in [1.54, 1.807) is 0 Å². The number of carbonyl (C=O) groups is 1. The van der Waals surface area contributed by atoms with Crippen LogP contribution in [-0.4, -0.2) is 26.6 Å². The van der Waals surface area contributed by atoms with Crippen molar-refractivity contribution in [3.8, 4) is 5.75 Å². The number of hydrogen-bond donors (Lipinski definition) is 1. The molecule has 0 saturated heterocycles. The maximum absolute atomic E-state index is 11.8. The smallest absolute Gasteiger partial charge is 0.223 e. The molecule has 1 amide bonds. The number of nitrogens with one attached hydrogen (secondary N) is 1. The number of anilines is 1. The Kier molecular flexibility index (Phi) is 5.83. The first-order valence-electron chi connectivity index (χ1n) is 7.36. The summed E-state index contributed by atoms with van der Waals surface area (Å²) in [6.07, 6.45) is 0.352. The lowest BCUT2D eigenvalue weighted by molar-refractivity contribution is -0.121. The number of amides is 1. The van der Waals surface area contributed by atoms with Gasteiger partial charge in [0.25, 0.3) is 0 Å². The van der Waals surface area contributed by atoms with Crippen LogP contribution in [0.5, 0.6) is 5.75 Å². The van der Waals surface area contributed by atoms with Gasteiger partial charge in [0.05, 0.1) is 13.0 Å². The average Bonchev–Trinajstić information content (AvgIpc) is 2.54. The molecule has 2 aromatic rings. The minimum atomic E-state index is -0.00684. The lowest BCUT2D eigenvalue weighted by Gasteiger charge is -2.13. The number of rotatable bonds is 7. The van der Waals surface area contributed by atoms with E-state index in [1.807, 2.05) is 73.6 Å². The summed E-state index contributed by atoms with van der Waals surface area (Å²) in [4.78, 5) is 13.8. The quantitative estimate of drug-likeness (QED) is 0.854. The van der Waals surface area contributed by atoms with Crippen LogP contribution in [0.3, 0.4) is 0 Å². The standard InChI is InChI=1S/C18H22N2O2/c1-20(2)16-10-8-15(9-11-16)14-19-18(21)12-13-22-17-6-4-3-5-7-17/h3-11H,12-14H2,1-2H3,(H,19,21). The van der Waals surface area contributed by atoms with Gasteiger partial charge in [0.2, 0.25) is 5.91 Å². The molecule has 0 saturated carbocycles. The van der Waals surface area contributed by atoms with Crippen LogP contribution in [0.2, 0.25) is 0 Å². The highest BCUT2D eigenvalue weighted by Crippen LogP contribution is 2.12. The van der Waals surface area contributed by atoms with E-state index in [4.69, 9.17) is 4.74 Å². The molecule has 0 aliphatic heterocycles. The SMILES string of the molecule is CN(C)c1ccc(CNC(=O)CCOc2ccccc2)cc1. The molecule has 0 atom stereocenters. The molecule has 2 rings (SSSR count). The Hall–Kier alpha value is -2.49. The van der Waals surface area contributed by atoms with Crippen LogP contribution in [-0.2, 0) is 11.3 Å². The van der Waals surface area contributed by atoms with Crippen LogP contribution in [0.15, 0.2) is 54.6 Å². The molecule has 22 heavy (non-hydrogen) atoms. The first-order chi connectivity index (χ1) is 10.6. The van der Waals surface area contributed by atoms with E-state index in [2.05, 4.69) is 5.32 Å². The fraction of sp³-hybridized carbons (Fsp3) is 0.278. The fourth-order valence-corrected chi connectivity index (χ4v) is 1.98. The lowest BCUT2D eigenvalue weighted by Crippen LogP contribution is -2.24. The molecule has 0 radical (unpaired) electrons. The highest BCUT2D eigenvalue weighted by molar-refractivity contribution is 5.76. The predicted octanol–water partition coefficient (Wildman–Crippen LogP) is 2.84. The number of benzene rings is 2. The maximum Gasteiger partial charge on any atom is 0.223 e. The summed E-state index contributed by atoms with van der Waals surface area (Å²) in [5, 5.41) is 2.90. The molecule has 0 aliphatic rings. The van der Waals surface area contributed by atoms with Crippen molar-refractivity contribution in [2.24, 2.45) is 0 Å². The van der Waals surface area contributed by atoms with Crippen LogP contribution >= 0.6 is 0 Å². The number of para-hydroxylation sites is 1. The zero-order chi connectivity index (χ0) is 15.8. The Labute approximate surface area is 131 Å². The predicted molar refractivity (Wildman–Crippen MR) is 89.2 cm³/mol. The molecule has 0 heterocycles. The van der Waals surface area contributed by atoms with Crippen molar-refractivity contribution in [1.29, 1.82) is 0 Å². The van der Waals surface area contributed by atoms with Gasteiger partial charge in [-0.2, -0.15) is 0 Å². The molecule has 1 N–H and O–H groups in total. The molecule has 0 unspecified atom stereocenters. The van der Waals surface area contributed by atoms with Gasteiger partial charge < -0.3 is 15.0 Å². The Balaban J connectivity index is 1.69. The average molecular weight is 298 g/mol. The molecule has 4 nitrogen and oxygen atoms in total. The van der Waals surface area contributed by atoms with Crippen molar-refractivity contribution in [1.82, 2.24) is 5.32 Å². The van der Waals surface area contributed by atoms with E-state index >= 15 is 0 Å². The number of hydrogen-bond acceptors (Lipinski definition) is 3. The van der Waals surface area contributed by atoms with E-state index in [0.717, 1.165) is 17.0 Å². The summed E-state index contributed by atoms with van der Waals surface area (Å²) in [7, 11) is 4.01. The molecule has 116 valence electrons. The lowest BCUT2D eigenvalue weighted by atomic mass is 10.2. The van der Waals surface area contributed by atoms with E-state index in [9.17, 15) is 4.79 Å². The van der Waals surface area contributed by atoms with Gasteiger partial charge in [-0.15, -0.1) is 0 Å². The van der Waals surface area contributed by atoms with Gasteiger partial charge in [0.15, 0.2) is 0 Å². The highest BCUT2D eigenvalue weighted by atomic mass is 16.5. The van der Waals surface area contributed by atoms with Crippen molar-refractivity contribution in [3.63, 3.8) is 0 Å². The third-order valence-electron chi connectivity index (χ3n) is 3.28. The van der Waals surface area contributed by atoms with Gasteiger partial charge in [-0.05, 0) is 29.8 Å². The minimum Gasteiger partial charge on any atom is -0.493 e. The molecule has 0 fully saturated rings. The summed E-state index contributed by atoms with van der Waals surface area (Å²) in [5.41, 5.74) is 2.23. The van der Waals surface area contributed by atoms with Gasteiger partial charge in [0, 0.05) is 26.3 Å². The topological polar surface area (TPSA) is 41.6 Å². The van der Waals surface area contributed by atoms with Crippen molar-refractivity contribution >= 4 is 11.6 Å². The summed E-state index contributed by atoms with van der Waals surface area (Å²) < 4.78 is 5.50. The van der Waals surface area contributed by atoms with Crippen molar-refractivity contribution in [3.05, 3.63) is 60.2 Å². The van der Waals surface area contributed by atoms with Crippen LogP contribution < -0.4 is 15.0 Å². The first-order valence-corrected chi connectivity index (χ1v) is 7.36. The zero-order valence-electron chi connectivity index (χ0n) is 13.1. The monoisotopic (exact) mass is 298 g/mol. The number of ether oxygens (including phenoxy) is 1. The normalized spacial score (nSPS) is 10.1. The Morgan fingerprint density at radius 3 is 2.36 bits per heavy atom. The molecule has 0 aliphatic carbocycles. The minimum absolute atomic E-state index is 0.00684. The van der Waals surface area contributed by atoms with E-state index < -0.39 is 0 Å². The first kappa shape index (κ1) is 15.9. The maximum atomic E-state index is 11.8. The van der Waals surface area contributed by atoms with Gasteiger partial charge in [-0.3, -0.25) is 4.79 Å². The molecule has 0 spiro atoms. The molecular weight excluding hydrogens is 276 g/mol. The molecule has 4 heteroatoms. The third-order valence-corrected chi connectivity index (χ3v) is 3.28. The van der Waals surface area contributed by atoms with Gasteiger partial charge >= 0.3 is 0 Å². The van der Waals surface area contributed by atoms with Crippen LogP contribution in [0, 0.1) is 0 Å². The van der Waals surface area contributed by atoms with Gasteiger partial charge in [0.1, 0.15) is 5.75 Å². The van der Waals surface area contributed by atoms with E-state index in [0.29, 0.717) is 19.6 Å². The molecular formula is C18H22N2O2. The van der Waals surface area contributed by atoms with E-state index in [-0.39, 0.29) is 5.91 Å². The van der Waals surface area contributed by atoms with E-state index in [1.165, 1.54) is 0 Å². The van der Waals surface area contributed by atoms with Crippen molar-refractivity contribution < 1.29 is 9.53 Å². The van der Waals surface area contributed by atoms with Crippen LogP contribution in [0.25, 0.3) is 0 Å². The summed E-state index contributed by atoms with van der Waals surface area (Å²) in [6.45, 7) is 0.924. The number of nitrogens with zero attached hydrogens (tertiary/aromatic N) is 1. The Bertz CT molecular complexity index is 580. The van der Waals surface area contributed by atoms with Gasteiger partial charge in [-0.1, -0.05) is 30.3 Å². The highest BCUT2D eigenvalue weighted by Gasteiger charge is 2.03. The largest absolute Gasteiger partial charge is 0.493 e.